The summed E-state index contributed by atoms with van der Waals surface area (Å²) in [7, 11) is 0. The number of fused-ring (bicyclic) bond motifs is 2. The zero-order valence-electron chi connectivity index (χ0n) is 18.5. The van der Waals surface area contributed by atoms with Crippen LogP contribution in [0.2, 0.25) is 0 Å². The SMILES string of the molecule is Cc1cc(=O)oc2cc(Oc3coc4cc(OC(C)C(=O)OC(C)C)ccc4c3=O)ccc12. The van der Waals surface area contributed by atoms with Gasteiger partial charge in [0.2, 0.25) is 11.2 Å². The Hall–Kier alpha value is -4.07. The minimum Gasteiger partial charge on any atom is -0.479 e. The third-order valence-corrected chi connectivity index (χ3v) is 4.86. The zero-order valence-corrected chi connectivity index (χ0v) is 18.5. The van der Waals surface area contributed by atoms with E-state index in [0.717, 1.165) is 10.9 Å². The van der Waals surface area contributed by atoms with E-state index in [9.17, 15) is 14.4 Å². The molecule has 0 fully saturated rings. The summed E-state index contributed by atoms with van der Waals surface area (Å²) in [4.78, 5) is 36.5. The molecule has 4 rings (SSSR count). The molecule has 33 heavy (non-hydrogen) atoms. The lowest BCUT2D eigenvalue weighted by molar-refractivity contribution is -0.154. The number of ether oxygens (including phenoxy) is 3. The van der Waals surface area contributed by atoms with Crippen LogP contribution in [0.4, 0.5) is 0 Å². The molecular formula is C25H22O8. The maximum atomic E-state index is 12.9. The standard InChI is InChI=1S/C25H22O8/c1-13(2)30-25(28)15(4)31-16-6-8-19-20(10-16)29-12-22(24(19)27)32-17-5-7-18-14(3)9-23(26)33-21(18)11-17/h5-13,15H,1-4H3. The molecule has 0 aliphatic heterocycles. The quantitative estimate of drug-likeness (QED) is 0.307. The van der Waals surface area contributed by atoms with Gasteiger partial charge in [-0.05, 0) is 57.5 Å². The fourth-order valence-corrected chi connectivity index (χ4v) is 3.31. The average molecular weight is 450 g/mol. The van der Waals surface area contributed by atoms with Gasteiger partial charge in [0.1, 0.15) is 28.9 Å². The summed E-state index contributed by atoms with van der Waals surface area (Å²) >= 11 is 0. The summed E-state index contributed by atoms with van der Waals surface area (Å²) in [5.41, 5.74) is 0.555. The molecule has 4 aromatic rings. The van der Waals surface area contributed by atoms with Crippen molar-refractivity contribution in [3.05, 3.63) is 74.9 Å². The molecule has 2 aromatic carbocycles. The molecule has 0 N–H and O–H groups in total. The van der Waals surface area contributed by atoms with Crippen LogP contribution in [0.3, 0.4) is 0 Å². The van der Waals surface area contributed by atoms with Crippen LogP contribution in [0.25, 0.3) is 21.9 Å². The van der Waals surface area contributed by atoms with Gasteiger partial charge in [0.25, 0.3) is 0 Å². The summed E-state index contributed by atoms with van der Waals surface area (Å²) in [5.74, 6) is 0.156. The second kappa shape index (κ2) is 8.82. The van der Waals surface area contributed by atoms with Crippen LogP contribution in [-0.2, 0) is 9.53 Å². The van der Waals surface area contributed by atoms with E-state index in [4.69, 9.17) is 23.0 Å². The van der Waals surface area contributed by atoms with Crippen LogP contribution >= 0.6 is 0 Å². The lowest BCUT2D eigenvalue weighted by atomic mass is 10.1. The van der Waals surface area contributed by atoms with E-state index in [0.29, 0.717) is 17.1 Å². The molecule has 2 aromatic heterocycles. The Labute approximate surface area is 188 Å². The van der Waals surface area contributed by atoms with Crippen molar-refractivity contribution >= 4 is 27.9 Å². The summed E-state index contributed by atoms with van der Waals surface area (Å²) in [6.45, 7) is 6.90. The highest BCUT2D eigenvalue weighted by molar-refractivity contribution is 5.82. The van der Waals surface area contributed by atoms with Gasteiger partial charge in [-0.3, -0.25) is 4.79 Å². The van der Waals surface area contributed by atoms with Crippen molar-refractivity contribution < 1.29 is 27.8 Å². The smallest absolute Gasteiger partial charge is 0.347 e. The number of carbonyl (C=O) groups excluding carboxylic acids is 1. The lowest BCUT2D eigenvalue weighted by Crippen LogP contribution is -2.28. The second-order valence-corrected chi connectivity index (χ2v) is 7.84. The highest BCUT2D eigenvalue weighted by Crippen LogP contribution is 2.27. The Balaban J connectivity index is 1.59. The van der Waals surface area contributed by atoms with E-state index >= 15 is 0 Å². The first-order chi connectivity index (χ1) is 15.7. The predicted molar refractivity (Wildman–Crippen MR) is 121 cm³/mol. The maximum absolute atomic E-state index is 12.9. The van der Waals surface area contributed by atoms with E-state index in [1.807, 2.05) is 6.92 Å². The van der Waals surface area contributed by atoms with Crippen LogP contribution in [0, 0.1) is 6.92 Å². The van der Waals surface area contributed by atoms with Gasteiger partial charge in [0.05, 0.1) is 11.5 Å². The first-order valence-electron chi connectivity index (χ1n) is 10.4. The molecule has 170 valence electrons. The van der Waals surface area contributed by atoms with Crippen molar-refractivity contribution in [1.29, 1.82) is 0 Å². The van der Waals surface area contributed by atoms with Crippen molar-refractivity contribution in [3.8, 4) is 17.2 Å². The van der Waals surface area contributed by atoms with Gasteiger partial charge in [-0.1, -0.05) is 0 Å². The zero-order chi connectivity index (χ0) is 23.7. The fraction of sp³-hybridized carbons (Fsp3) is 0.240. The van der Waals surface area contributed by atoms with E-state index in [-0.39, 0.29) is 28.3 Å². The molecule has 0 spiro atoms. The van der Waals surface area contributed by atoms with Crippen molar-refractivity contribution in [1.82, 2.24) is 0 Å². The summed E-state index contributed by atoms with van der Waals surface area (Å²) in [5, 5.41) is 1.05. The first-order valence-corrected chi connectivity index (χ1v) is 10.4. The topological polar surface area (TPSA) is 105 Å². The van der Waals surface area contributed by atoms with E-state index in [2.05, 4.69) is 0 Å². The number of esters is 1. The van der Waals surface area contributed by atoms with Gasteiger partial charge in [-0.2, -0.15) is 0 Å². The molecule has 0 saturated heterocycles. The van der Waals surface area contributed by atoms with Crippen molar-refractivity contribution in [3.63, 3.8) is 0 Å². The Kier molecular flexibility index (Phi) is 5.91. The number of rotatable bonds is 6. The second-order valence-electron chi connectivity index (χ2n) is 7.84. The minimum absolute atomic E-state index is 0.0283. The normalized spacial score (nSPS) is 12.2. The van der Waals surface area contributed by atoms with Crippen LogP contribution in [0.1, 0.15) is 26.3 Å². The monoisotopic (exact) mass is 450 g/mol. The number of carbonyl (C=O) groups is 1. The van der Waals surface area contributed by atoms with Gasteiger partial charge in [0, 0.05) is 23.6 Å². The summed E-state index contributed by atoms with van der Waals surface area (Å²) in [6, 6.07) is 11.0. The molecule has 0 aliphatic rings. The average Bonchev–Trinajstić information content (AvgIpc) is 2.75. The van der Waals surface area contributed by atoms with E-state index < -0.39 is 17.7 Å². The van der Waals surface area contributed by atoms with Crippen LogP contribution in [0.15, 0.2) is 67.2 Å². The number of benzene rings is 2. The molecule has 0 saturated carbocycles. The molecule has 1 unspecified atom stereocenters. The fourth-order valence-electron chi connectivity index (χ4n) is 3.31. The number of hydrogen-bond acceptors (Lipinski definition) is 8. The Bertz CT molecular complexity index is 1460. The molecule has 0 amide bonds. The summed E-state index contributed by atoms with van der Waals surface area (Å²) < 4.78 is 27.2. The molecular weight excluding hydrogens is 428 g/mol. The van der Waals surface area contributed by atoms with Gasteiger partial charge in [-0.25, -0.2) is 9.59 Å². The molecule has 1 atom stereocenters. The van der Waals surface area contributed by atoms with E-state index in [1.54, 1.807) is 45.0 Å². The van der Waals surface area contributed by atoms with Crippen molar-refractivity contribution in [2.45, 2.75) is 39.9 Å². The molecule has 0 aliphatic carbocycles. The maximum Gasteiger partial charge on any atom is 0.347 e. The van der Waals surface area contributed by atoms with Gasteiger partial charge >= 0.3 is 11.6 Å². The highest BCUT2D eigenvalue weighted by Gasteiger charge is 2.18. The van der Waals surface area contributed by atoms with E-state index in [1.165, 1.54) is 24.5 Å². The Morgan fingerprint density at radius 1 is 0.909 bits per heavy atom. The minimum atomic E-state index is -0.823. The summed E-state index contributed by atoms with van der Waals surface area (Å²) in [6.07, 6.45) is 0.122. The third-order valence-electron chi connectivity index (χ3n) is 4.86. The molecule has 0 bridgehead atoms. The molecule has 8 heteroatoms. The Morgan fingerprint density at radius 2 is 1.61 bits per heavy atom. The van der Waals surface area contributed by atoms with Crippen LogP contribution < -0.4 is 20.5 Å². The van der Waals surface area contributed by atoms with Crippen LogP contribution in [0.5, 0.6) is 17.2 Å². The number of aryl methyl sites for hydroxylation is 1. The lowest BCUT2D eigenvalue weighted by Gasteiger charge is -2.15. The van der Waals surface area contributed by atoms with Crippen molar-refractivity contribution in [2.75, 3.05) is 0 Å². The van der Waals surface area contributed by atoms with Gasteiger partial charge in [0.15, 0.2) is 6.10 Å². The number of hydrogen-bond donors (Lipinski definition) is 0. The van der Waals surface area contributed by atoms with Crippen LogP contribution in [-0.4, -0.2) is 18.2 Å². The largest absolute Gasteiger partial charge is 0.479 e. The molecule has 2 heterocycles. The van der Waals surface area contributed by atoms with Gasteiger partial charge in [-0.15, -0.1) is 0 Å². The first kappa shape index (κ1) is 22.1. The highest BCUT2D eigenvalue weighted by atomic mass is 16.6. The Morgan fingerprint density at radius 3 is 2.36 bits per heavy atom. The molecule has 8 nitrogen and oxygen atoms in total. The predicted octanol–water partition coefficient (Wildman–Crippen LogP) is 4.72. The van der Waals surface area contributed by atoms with Crippen molar-refractivity contribution in [2.24, 2.45) is 0 Å². The van der Waals surface area contributed by atoms with Gasteiger partial charge < -0.3 is 23.0 Å². The molecule has 0 radical (unpaired) electrons. The third kappa shape index (κ3) is 4.74.